The predicted octanol–water partition coefficient (Wildman–Crippen LogP) is 2.08. The highest BCUT2D eigenvalue weighted by Gasteiger charge is 2.06. The van der Waals surface area contributed by atoms with Crippen LogP contribution in [0, 0.1) is 6.92 Å². The van der Waals surface area contributed by atoms with E-state index in [-0.39, 0.29) is 0 Å². The number of rotatable bonds is 5. The van der Waals surface area contributed by atoms with Crippen LogP contribution in [0.15, 0.2) is 17.8 Å². The van der Waals surface area contributed by atoms with Gasteiger partial charge in [0.25, 0.3) is 0 Å². The largest absolute Gasteiger partial charge is 0.310 e. The van der Waals surface area contributed by atoms with E-state index < -0.39 is 0 Å². The molecule has 0 fully saturated rings. The van der Waals surface area contributed by atoms with Gasteiger partial charge in [-0.05, 0) is 13.8 Å². The molecule has 0 bridgehead atoms. The smallest absolute Gasteiger partial charge is 0.0897 e. The van der Waals surface area contributed by atoms with E-state index in [9.17, 15) is 0 Å². The van der Waals surface area contributed by atoms with Crippen molar-refractivity contribution < 1.29 is 0 Å². The third-order valence-corrected chi connectivity index (χ3v) is 3.55. The number of nitrogens with zero attached hydrogens (tertiary/aromatic N) is 3. The fraction of sp³-hybridized carbons (Fsp3) is 0.500. The summed E-state index contributed by atoms with van der Waals surface area (Å²) in [6.45, 7) is 5.14. The van der Waals surface area contributed by atoms with Crippen molar-refractivity contribution in [1.82, 2.24) is 20.1 Å². The number of hydrogen-bond donors (Lipinski definition) is 1. The molecule has 1 unspecified atom stereocenters. The molecule has 2 rings (SSSR count). The maximum atomic E-state index is 4.45. The minimum Gasteiger partial charge on any atom is -0.310 e. The van der Waals surface area contributed by atoms with E-state index in [1.807, 2.05) is 31.0 Å². The van der Waals surface area contributed by atoms with Gasteiger partial charge in [0.05, 0.1) is 16.9 Å². The molecule has 2 aromatic heterocycles. The molecule has 0 amide bonds. The molecule has 0 radical (unpaired) electrons. The zero-order valence-electron chi connectivity index (χ0n) is 10.5. The molecule has 1 atom stereocenters. The van der Waals surface area contributed by atoms with Gasteiger partial charge in [-0.15, -0.1) is 11.3 Å². The average Bonchev–Trinajstić information content (AvgIpc) is 2.88. The van der Waals surface area contributed by atoms with E-state index in [0.29, 0.717) is 6.04 Å². The summed E-state index contributed by atoms with van der Waals surface area (Å²) in [6, 6.07) is 0.337. The van der Waals surface area contributed by atoms with Crippen LogP contribution in [-0.4, -0.2) is 21.3 Å². The number of thiazole rings is 1. The SMILES string of the molecule is Cc1nc(CCNC(C)c2cnn(C)c2)cs1. The summed E-state index contributed by atoms with van der Waals surface area (Å²) in [6.07, 6.45) is 4.93. The number of hydrogen-bond acceptors (Lipinski definition) is 4. The Kier molecular flexibility index (Phi) is 3.91. The zero-order chi connectivity index (χ0) is 12.3. The van der Waals surface area contributed by atoms with E-state index in [1.54, 1.807) is 11.3 Å². The van der Waals surface area contributed by atoms with Crippen LogP contribution in [0.25, 0.3) is 0 Å². The molecule has 92 valence electrons. The van der Waals surface area contributed by atoms with Crippen molar-refractivity contribution in [3.05, 3.63) is 34.0 Å². The van der Waals surface area contributed by atoms with E-state index in [0.717, 1.165) is 18.0 Å². The van der Waals surface area contributed by atoms with Crippen LogP contribution in [0.5, 0.6) is 0 Å². The summed E-state index contributed by atoms with van der Waals surface area (Å²) in [5, 5.41) is 10.9. The van der Waals surface area contributed by atoms with Gasteiger partial charge in [0, 0.05) is 43.2 Å². The molecular weight excluding hydrogens is 232 g/mol. The average molecular weight is 250 g/mol. The summed E-state index contributed by atoms with van der Waals surface area (Å²) in [4.78, 5) is 4.45. The van der Waals surface area contributed by atoms with Gasteiger partial charge in [-0.3, -0.25) is 4.68 Å². The Labute approximate surface area is 106 Å². The lowest BCUT2D eigenvalue weighted by molar-refractivity contribution is 0.574. The van der Waals surface area contributed by atoms with Gasteiger partial charge >= 0.3 is 0 Å². The van der Waals surface area contributed by atoms with Gasteiger partial charge in [0.1, 0.15) is 0 Å². The van der Waals surface area contributed by atoms with Crippen LogP contribution in [-0.2, 0) is 13.5 Å². The van der Waals surface area contributed by atoms with Gasteiger partial charge < -0.3 is 5.32 Å². The highest BCUT2D eigenvalue weighted by atomic mass is 32.1. The molecule has 4 nitrogen and oxygen atoms in total. The maximum Gasteiger partial charge on any atom is 0.0897 e. The van der Waals surface area contributed by atoms with Crippen molar-refractivity contribution in [2.75, 3.05) is 6.54 Å². The number of aromatic nitrogens is 3. The Morgan fingerprint density at radius 3 is 2.94 bits per heavy atom. The van der Waals surface area contributed by atoms with Crippen LogP contribution in [0.1, 0.15) is 29.2 Å². The number of aryl methyl sites for hydroxylation is 2. The molecule has 5 heteroatoms. The van der Waals surface area contributed by atoms with Crippen LogP contribution in [0.4, 0.5) is 0 Å². The van der Waals surface area contributed by atoms with Crippen molar-refractivity contribution in [3.8, 4) is 0 Å². The molecule has 0 saturated carbocycles. The second-order valence-electron chi connectivity index (χ2n) is 4.23. The Morgan fingerprint density at radius 1 is 1.53 bits per heavy atom. The highest BCUT2D eigenvalue weighted by molar-refractivity contribution is 7.09. The first-order valence-electron chi connectivity index (χ1n) is 5.78. The molecular formula is C12H18N4S. The van der Waals surface area contributed by atoms with Crippen LogP contribution in [0.2, 0.25) is 0 Å². The van der Waals surface area contributed by atoms with Gasteiger partial charge in [-0.2, -0.15) is 5.10 Å². The minimum absolute atomic E-state index is 0.337. The fourth-order valence-corrected chi connectivity index (χ4v) is 2.37. The predicted molar refractivity (Wildman–Crippen MR) is 70.2 cm³/mol. The van der Waals surface area contributed by atoms with Gasteiger partial charge in [-0.1, -0.05) is 0 Å². The van der Waals surface area contributed by atoms with Gasteiger partial charge in [0.15, 0.2) is 0 Å². The van der Waals surface area contributed by atoms with Crippen molar-refractivity contribution in [2.45, 2.75) is 26.3 Å². The molecule has 1 N–H and O–H groups in total. The van der Waals surface area contributed by atoms with Crippen LogP contribution < -0.4 is 5.32 Å². The lowest BCUT2D eigenvalue weighted by Crippen LogP contribution is -2.21. The third kappa shape index (κ3) is 3.38. The lowest BCUT2D eigenvalue weighted by Gasteiger charge is -2.10. The normalized spacial score (nSPS) is 12.9. The van der Waals surface area contributed by atoms with E-state index in [2.05, 4.69) is 27.7 Å². The Bertz CT molecular complexity index is 474. The van der Waals surface area contributed by atoms with Crippen molar-refractivity contribution in [2.24, 2.45) is 7.05 Å². The molecule has 0 spiro atoms. The quantitative estimate of drug-likeness (QED) is 0.883. The summed E-state index contributed by atoms with van der Waals surface area (Å²) >= 11 is 1.71. The Balaban J connectivity index is 1.78. The Morgan fingerprint density at radius 2 is 2.35 bits per heavy atom. The summed E-state index contributed by atoms with van der Waals surface area (Å²) in [5.41, 5.74) is 2.40. The second-order valence-corrected chi connectivity index (χ2v) is 5.29. The first kappa shape index (κ1) is 12.3. The van der Waals surface area contributed by atoms with E-state index in [1.165, 1.54) is 11.3 Å². The third-order valence-electron chi connectivity index (χ3n) is 2.72. The molecule has 0 aliphatic heterocycles. The summed E-state index contributed by atoms with van der Waals surface area (Å²) in [5.74, 6) is 0. The topological polar surface area (TPSA) is 42.7 Å². The highest BCUT2D eigenvalue weighted by Crippen LogP contribution is 2.11. The first-order valence-corrected chi connectivity index (χ1v) is 6.66. The molecule has 2 aromatic rings. The molecule has 2 heterocycles. The molecule has 0 aromatic carbocycles. The van der Waals surface area contributed by atoms with E-state index >= 15 is 0 Å². The molecule has 0 saturated heterocycles. The monoisotopic (exact) mass is 250 g/mol. The maximum absolute atomic E-state index is 4.45. The fourth-order valence-electron chi connectivity index (χ4n) is 1.72. The van der Waals surface area contributed by atoms with Gasteiger partial charge in [-0.25, -0.2) is 4.98 Å². The minimum atomic E-state index is 0.337. The summed E-state index contributed by atoms with van der Waals surface area (Å²) in [7, 11) is 1.94. The van der Waals surface area contributed by atoms with Crippen LogP contribution >= 0.6 is 11.3 Å². The Hall–Kier alpha value is -1.20. The molecule has 17 heavy (non-hydrogen) atoms. The van der Waals surface area contributed by atoms with Crippen molar-refractivity contribution >= 4 is 11.3 Å². The van der Waals surface area contributed by atoms with Crippen molar-refractivity contribution in [1.29, 1.82) is 0 Å². The summed E-state index contributed by atoms with van der Waals surface area (Å²) < 4.78 is 1.83. The first-order chi connectivity index (χ1) is 8.15. The standard InChI is InChI=1S/C12H18N4S/c1-9(11-6-14-16(3)7-11)13-5-4-12-8-17-10(2)15-12/h6-9,13H,4-5H2,1-3H3. The lowest BCUT2D eigenvalue weighted by atomic mass is 10.2. The van der Waals surface area contributed by atoms with Crippen molar-refractivity contribution in [3.63, 3.8) is 0 Å². The zero-order valence-corrected chi connectivity index (χ0v) is 11.3. The molecule has 0 aliphatic rings. The van der Waals surface area contributed by atoms with Gasteiger partial charge in [0.2, 0.25) is 0 Å². The van der Waals surface area contributed by atoms with Crippen LogP contribution in [0.3, 0.4) is 0 Å². The van der Waals surface area contributed by atoms with E-state index in [4.69, 9.17) is 0 Å². The second kappa shape index (κ2) is 5.42. The number of nitrogens with one attached hydrogen (secondary N) is 1. The molecule has 0 aliphatic carbocycles.